The van der Waals surface area contributed by atoms with Crippen molar-refractivity contribution in [1.29, 1.82) is 0 Å². The SMILES string of the molecule is Cc1cc(-n2c(=O)c3cc(O)ccc3n(C)c2=O)c2ccccc2n1. The highest BCUT2D eigenvalue weighted by Crippen LogP contribution is 2.21. The average Bonchev–Trinajstić information content (AvgIpc) is 2.59. The summed E-state index contributed by atoms with van der Waals surface area (Å²) in [4.78, 5) is 30.4. The second-order valence-electron chi connectivity index (χ2n) is 5.98. The summed E-state index contributed by atoms with van der Waals surface area (Å²) in [6.45, 7) is 1.82. The fourth-order valence-corrected chi connectivity index (χ4v) is 3.13. The summed E-state index contributed by atoms with van der Waals surface area (Å²) < 4.78 is 2.54. The van der Waals surface area contributed by atoms with Gasteiger partial charge in [-0.05, 0) is 37.3 Å². The number of aryl methyl sites for hydroxylation is 2. The van der Waals surface area contributed by atoms with E-state index in [2.05, 4.69) is 4.98 Å². The molecule has 0 amide bonds. The van der Waals surface area contributed by atoms with Gasteiger partial charge in [-0.15, -0.1) is 0 Å². The first-order valence-corrected chi connectivity index (χ1v) is 7.79. The Kier molecular flexibility index (Phi) is 3.21. The van der Waals surface area contributed by atoms with Crippen LogP contribution in [0.25, 0.3) is 27.5 Å². The molecule has 0 spiro atoms. The van der Waals surface area contributed by atoms with Gasteiger partial charge in [-0.25, -0.2) is 9.36 Å². The number of hydrogen-bond donors (Lipinski definition) is 1. The number of fused-ring (bicyclic) bond motifs is 2. The van der Waals surface area contributed by atoms with Crippen LogP contribution in [0.1, 0.15) is 5.69 Å². The molecule has 6 heteroatoms. The zero-order valence-electron chi connectivity index (χ0n) is 13.7. The summed E-state index contributed by atoms with van der Waals surface area (Å²) in [5, 5.41) is 10.7. The van der Waals surface area contributed by atoms with Gasteiger partial charge in [0.05, 0.1) is 22.1 Å². The molecule has 0 saturated heterocycles. The third-order valence-corrected chi connectivity index (χ3v) is 4.32. The van der Waals surface area contributed by atoms with Gasteiger partial charge < -0.3 is 5.11 Å². The molecule has 2 aromatic heterocycles. The molecule has 0 aliphatic heterocycles. The monoisotopic (exact) mass is 333 g/mol. The van der Waals surface area contributed by atoms with E-state index in [1.54, 1.807) is 19.2 Å². The lowest BCUT2D eigenvalue weighted by molar-refractivity contribution is 0.476. The van der Waals surface area contributed by atoms with Crippen LogP contribution >= 0.6 is 0 Å². The Morgan fingerprint density at radius 3 is 2.56 bits per heavy atom. The molecule has 0 bridgehead atoms. The number of nitrogens with zero attached hydrogens (tertiary/aromatic N) is 3. The van der Waals surface area contributed by atoms with Crippen molar-refractivity contribution < 1.29 is 5.11 Å². The quantitative estimate of drug-likeness (QED) is 0.579. The number of pyridine rings is 1. The molecule has 0 fully saturated rings. The molecule has 4 aromatic rings. The highest BCUT2D eigenvalue weighted by molar-refractivity contribution is 5.88. The van der Waals surface area contributed by atoms with Crippen LogP contribution in [0.2, 0.25) is 0 Å². The van der Waals surface area contributed by atoms with E-state index in [1.807, 2.05) is 31.2 Å². The van der Waals surface area contributed by atoms with Crippen LogP contribution < -0.4 is 11.2 Å². The largest absolute Gasteiger partial charge is 0.508 e. The van der Waals surface area contributed by atoms with Gasteiger partial charge >= 0.3 is 5.69 Å². The Morgan fingerprint density at radius 2 is 1.76 bits per heavy atom. The van der Waals surface area contributed by atoms with Crippen molar-refractivity contribution in [2.45, 2.75) is 6.92 Å². The molecule has 25 heavy (non-hydrogen) atoms. The van der Waals surface area contributed by atoms with E-state index in [0.29, 0.717) is 27.8 Å². The van der Waals surface area contributed by atoms with E-state index < -0.39 is 11.2 Å². The third-order valence-electron chi connectivity index (χ3n) is 4.32. The van der Waals surface area contributed by atoms with Crippen LogP contribution in [0.15, 0.2) is 58.1 Å². The van der Waals surface area contributed by atoms with Gasteiger partial charge in [0.25, 0.3) is 5.56 Å². The molecule has 0 aliphatic rings. The fraction of sp³-hybridized carbons (Fsp3) is 0.105. The van der Waals surface area contributed by atoms with Gasteiger partial charge in [-0.3, -0.25) is 14.3 Å². The van der Waals surface area contributed by atoms with Crippen LogP contribution in [0.3, 0.4) is 0 Å². The molecule has 124 valence electrons. The average molecular weight is 333 g/mol. The summed E-state index contributed by atoms with van der Waals surface area (Å²) in [6.07, 6.45) is 0. The van der Waals surface area contributed by atoms with Crippen molar-refractivity contribution in [2.24, 2.45) is 7.05 Å². The first-order valence-electron chi connectivity index (χ1n) is 7.79. The van der Waals surface area contributed by atoms with E-state index in [-0.39, 0.29) is 11.1 Å². The van der Waals surface area contributed by atoms with Gasteiger partial charge in [-0.1, -0.05) is 18.2 Å². The molecule has 1 N–H and O–H groups in total. The Hall–Kier alpha value is -3.41. The smallest absolute Gasteiger partial charge is 0.335 e. The summed E-state index contributed by atoms with van der Waals surface area (Å²) in [6, 6.07) is 13.5. The molecule has 0 radical (unpaired) electrons. The molecule has 0 saturated carbocycles. The number of aromatic nitrogens is 3. The summed E-state index contributed by atoms with van der Waals surface area (Å²) in [5.41, 5.74) is 1.46. The third kappa shape index (κ3) is 2.22. The predicted molar refractivity (Wildman–Crippen MR) is 96.5 cm³/mol. The molecular formula is C19H15N3O3. The summed E-state index contributed by atoms with van der Waals surface area (Å²) in [5.74, 6) is -0.0226. The Morgan fingerprint density at radius 1 is 1.00 bits per heavy atom. The maximum absolute atomic E-state index is 13.0. The first-order chi connectivity index (χ1) is 12.0. The minimum absolute atomic E-state index is 0.0226. The van der Waals surface area contributed by atoms with E-state index >= 15 is 0 Å². The Balaban J connectivity index is 2.23. The Bertz CT molecular complexity index is 1270. The maximum atomic E-state index is 13.0. The highest BCUT2D eigenvalue weighted by Gasteiger charge is 2.15. The number of phenols is 1. The standard InChI is InChI=1S/C19H15N3O3/c1-11-9-17(13-5-3-4-6-15(13)20-11)22-18(24)14-10-12(23)7-8-16(14)21(2)19(22)25/h3-10,23H,1-2H3. The van der Waals surface area contributed by atoms with Crippen molar-refractivity contribution in [3.8, 4) is 11.4 Å². The Labute approximate surface area is 142 Å². The lowest BCUT2D eigenvalue weighted by Crippen LogP contribution is -2.38. The van der Waals surface area contributed by atoms with Gasteiger partial charge in [-0.2, -0.15) is 0 Å². The minimum Gasteiger partial charge on any atom is -0.508 e. The van der Waals surface area contributed by atoms with E-state index in [4.69, 9.17) is 0 Å². The van der Waals surface area contributed by atoms with Crippen molar-refractivity contribution in [1.82, 2.24) is 14.1 Å². The van der Waals surface area contributed by atoms with Crippen molar-refractivity contribution in [3.05, 3.63) is 75.1 Å². The predicted octanol–water partition coefficient (Wildman–Crippen LogP) is 2.25. The normalized spacial score (nSPS) is 11.3. The molecule has 4 rings (SSSR count). The van der Waals surface area contributed by atoms with Crippen LogP contribution in [-0.2, 0) is 7.05 Å². The number of benzene rings is 2. The van der Waals surface area contributed by atoms with Gasteiger partial charge in [0, 0.05) is 18.1 Å². The maximum Gasteiger partial charge on any atom is 0.335 e. The number of para-hydroxylation sites is 1. The van der Waals surface area contributed by atoms with E-state index in [9.17, 15) is 14.7 Å². The second kappa shape index (κ2) is 5.31. The lowest BCUT2D eigenvalue weighted by Gasteiger charge is -2.13. The molecule has 0 unspecified atom stereocenters. The summed E-state index contributed by atoms with van der Waals surface area (Å²) in [7, 11) is 1.61. The topological polar surface area (TPSA) is 77.1 Å². The van der Waals surface area contributed by atoms with Gasteiger partial charge in [0.15, 0.2) is 0 Å². The van der Waals surface area contributed by atoms with Crippen molar-refractivity contribution >= 4 is 21.8 Å². The zero-order chi connectivity index (χ0) is 17.7. The summed E-state index contributed by atoms with van der Waals surface area (Å²) >= 11 is 0. The number of aromatic hydroxyl groups is 1. The first kappa shape index (κ1) is 15.1. The van der Waals surface area contributed by atoms with Gasteiger partial charge in [0.1, 0.15) is 5.75 Å². The van der Waals surface area contributed by atoms with Crippen LogP contribution in [0.5, 0.6) is 5.75 Å². The van der Waals surface area contributed by atoms with E-state index in [1.165, 1.54) is 16.7 Å². The molecule has 0 atom stereocenters. The number of hydrogen-bond acceptors (Lipinski definition) is 4. The molecule has 0 aliphatic carbocycles. The van der Waals surface area contributed by atoms with Crippen LogP contribution in [0, 0.1) is 6.92 Å². The fourth-order valence-electron chi connectivity index (χ4n) is 3.13. The molecule has 2 aromatic carbocycles. The minimum atomic E-state index is -0.468. The van der Waals surface area contributed by atoms with Gasteiger partial charge in [0.2, 0.25) is 0 Å². The zero-order valence-corrected chi connectivity index (χ0v) is 13.7. The van der Waals surface area contributed by atoms with Crippen LogP contribution in [-0.4, -0.2) is 19.2 Å². The van der Waals surface area contributed by atoms with Crippen LogP contribution in [0.4, 0.5) is 0 Å². The van der Waals surface area contributed by atoms with Crippen molar-refractivity contribution in [3.63, 3.8) is 0 Å². The van der Waals surface area contributed by atoms with Crippen molar-refractivity contribution in [2.75, 3.05) is 0 Å². The van der Waals surface area contributed by atoms with E-state index in [0.717, 1.165) is 4.57 Å². The molecule has 6 nitrogen and oxygen atoms in total. The number of phenolic OH excluding ortho intramolecular Hbond substituents is 1. The lowest BCUT2D eigenvalue weighted by atomic mass is 10.1. The second-order valence-corrected chi connectivity index (χ2v) is 5.98. The molecular weight excluding hydrogens is 318 g/mol. The molecule has 2 heterocycles. The number of rotatable bonds is 1. The highest BCUT2D eigenvalue weighted by atomic mass is 16.3.